The Morgan fingerprint density at radius 3 is 2.27 bits per heavy atom. The highest BCUT2D eigenvalue weighted by atomic mass is 32.2. The molecule has 1 saturated carbocycles. The molecule has 3 nitrogen and oxygen atoms in total. The quantitative estimate of drug-likeness (QED) is 0.732. The van der Waals surface area contributed by atoms with Crippen LogP contribution in [0, 0.1) is 0 Å². The predicted molar refractivity (Wildman–Crippen MR) is 61.3 cm³/mol. The Labute approximate surface area is 91.9 Å². The average Bonchev–Trinajstić information content (AvgIpc) is 2.41. The molecule has 1 aliphatic heterocycles. The van der Waals surface area contributed by atoms with Gasteiger partial charge in [-0.3, -0.25) is 0 Å². The van der Waals surface area contributed by atoms with Gasteiger partial charge in [0.15, 0.2) is 9.84 Å². The lowest BCUT2D eigenvalue weighted by Crippen LogP contribution is -2.38. The number of sulfone groups is 1. The van der Waals surface area contributed by atoms with E-state index in [-0.39, 0.29) is 11.8 Å². The third-order valence-electron chi connectivity index (χ3n) is 3.24. The van der Waals surface area contributed by atoms with Crippen molar-refractivity contribution in [2.24, 2.45) is 0 Å². The van der Waals surface area contributed by atoms with Crippen LogP contribution in [0.1, 0.15) is 38.5 Å². The number of hydrogen-bond donors (Lipinski definition) is 1. The summed E-state index contributed by atoms with van der Waals surface area (Å²) < 4.78 is 22.4. The van der Waals surface area contributed by atoms with Crippen LogP contribution < -0.4 is 5.32 Å². The Bertz CT molecular complexity index is 326. The summed E-state index contributed by atoms with van der Waals surface area (Å²) in [5, 5.41) is 4.80. The number of nitrogens with one attached hydrogen (secondary N) is 1. The van der Waals surface area contributed by atoms with E-state index in [4.69, 9.17) is 0 Å². The molecule has 0 bridgehead atoms. The van der Waals surface area contributed by atoms with Gasteiger partial charge < -0.3 is 5.32 Å². The minimum atomic E-state index is -2.90. The Kier molecular flexibility index (Phi) is 3.46. The number of rotatable bonds is 2. The first-order chi connectivity index (χ1) is 7.16. The summed E-state index contributed by atoms with van der Waals surface area (Å²) in [4.78, 5) is 0. The van der Waals surface area contributed by atoms with E-state index in [0.29, 0.717) is 6.04 Å². The summed E-state index contributed by atoms with van der Waals surface area (Å²) in [6.45, 7) is 0. The molecule has 0 saturated heterocycles. The summed E-state index contributed by atoms with van der Waals surface area (Å²) in [5.41, 5.74) is 0. The van der Waals surface area contributed by atoms with E-state index in [1.54, 1.807) is 6.08 Å². The van der Waals surface area contributed by atoms with E-state index in [0.717, 1.165) is 0 Å². The van der Waals surface area contributed by atoms with Crippen LogP contribution in [0.4, 0.5) is 0 Å². The van der Waals surface area contributed by atoms with E-state index in [1.807, 2.05) is 0 Å². The Balaban J connectivity index is 1.84. The fourth-order valence-corrected chi connectivity index (χ4v) is 3.68. The first kappa shape index (κ1) is 11.1. The maximum absolute atomic E-state index is 11.2. The molecule has 0 radical (unpaired) electrons. The number of hydrogen-bond acceptors (Lipinski definition) is 3. The van der Waals surface area contributed by atoms with Crippen LogP contribution in [0.3, 0.4) is 0 Å². The van der Waals surface area contributed by atoms with E-state index in [2.05, 4.69) is 5.32 Å². The molecule has 0 aromatic carbocycles. The summed E-state index contributed by atoms with van der Waals surface area (Å²) in [5.74, 6) is 0.253. The standard InChI is InChI=1S/C11H19NO2S/c13-15(14)8-7-11(9-15)12-10-5-3-1-2-4-6-10/h7-8,10-12H,1-6,9H2. The van der Waals surface area contributed by atoms with Gasteiger partial charge in [-0.1, -0.05) is 31.8 Å². The molecular weight excluding hydrogens is 210 g/mol. The van der Waals surface area contributed by atoms with Crippen LogP contribution >= 0.6 is 0 Å². The Morgan fingerprint density at radius 2 is 1.73 bits per heavy atom. The molecule has 0 spiro atoms. The molecule has 2 aliphatic rings. The highest BCUT2D eigenvalue weighted by Gasteiger charge is 2.24. The van der Waals surface area contributed by atoms with Crippen molar-refractivity contribution in [1.82, 2.24) is 5.32 Å². The van der Waals surface area contributed by atoms with Crippen LogP contribution in [-0.2, 0) is 9.84 Å². The average molecular weight is 229 g/mol. The van der Waals surface area contributed by atoms with Gasteiger partial charge >= 0.3 is 0 Å². The van der Waals surface area contributed by atoms with Gasteiger partial charge in [0.25, 0.3) is 0 Å². The van der Waals surface area contributed by atoms with Crippen molar-refractivity contribution in [3.63, 3.8) is 0 Å². The van der Waals surface area contributed by atoms with Crippen LogP contribution in [0.5, 0.6) is 0 Å². The van der Waals surface area contributed by atoms with Crippen molar-refractivity contribution < 1.29 is 8.42 Å². The Hall–Kier alpha value is -0.350. The largest absolute Gasteiger partial charge is 0.307 e. The molecule has 0 amide bonds. The van der Waals surface area contributed by atoms with Crippen LogP contribution in [0.15, 0.2) is 11.5 Å². The van der Waals surface area contributed by atoms with Crippen LogP contribution in [-0.4, -0.2) is 26.3 Å². The Morgan fingerprint density at radius 1 is 1.07 bits per heavy atom. The SMILES string of the molecule is O=S1(=O)C=CC(NC2CCCCCC2)C1. The first-order valence-electron chi connectivity index (χ1n) is 5.83. The molecule has 1 heterocycles. The van der Waals surface area contributed by atoms with Crippen molar-refractivity contribution in [2.75, 3.05) is 5.75 Å². The minimum absolute atomic E-state index is 0.0538. The van der Waals surface area contributed by atoms with Gasteiger partial charge in [-0.15, -0.1) is 0 Å². The zero-order chi connectivity index (χ0) is 10.7. The molecule has 1 aliphatic carbocycles. The third kappa shape index (κ3) is 3.31. The van der Waals surface area contributed by atoms with E-state index >= 15 is 0 Å². The molecule has 86 valence electrons. The van der Waals surface area contributed by atoms with Gasteiger partial charge in [-0.05, 0) is 12.8 Å². The van der Waals surface area contributed by atoms with Gasteiger partial charge in [0.1, 0.15) is 0 Å². The fourth-order valence-electron chi connectivity index (χ4n) is 2.43. The highest BCUT2D eigenvalue weighted by molar-refractivity contribution is 7.94. The van der Waals surface area contributed by atoms with Crippen molar-refractivity contribution >= 4 is 9.84 Å². The molecule has 2 rings (SSSR count). The second-order valence-electron chi connectivity index (χ2n) is 4.62. The monoisotopic (exact) mass is 229 g/mol. The predicted octanol–water partition coefficient (Wildman–Crippen LogP) is 1.61. The summed E-state index contributed by atoms with van der Waals surface area (Å²) in [7, 11) is -2.90. The van der Waals surface area contributed by atoms with Crippen molar-refractivity contribution in [3.8, 4) is 0 Å². The van der Waals surface area contributed by atoms with Crippen molar-refractivity contribution in [3.05, 3.63) is 11.5 Å². The van der Waals surface area contributed by atoms with E-state index < -0.39 is 9.84 Å². The maximum Gasteiger partial charge on any atom is 0.173 e. The van der Waals surface area contributed by atoms with Crippen molar-refractivity contribution in [2.45, 2.75) is 50.6 Å². The molecule has 4 heteroatoms. The lowest BCUT2D eigenvalue weighted by Gasteiger charge is -2.19. The summed E-state index contributed by atoms with van der Waals surface area (Å²) in [6, 6.07) is 0.577. The van der Waals surface area contributed by atoms with Gasteiger partial charge in [-0.2, -0.15) is 0 Å². The molecule has 1 atom stereocenters. The second-order valence-corrected chi connectivity index (χ2v) is 6.55. The van der Waals surface area contributed by atoms with Crippen LogP contribution in [0.2, 0.25) is 0 Å². The smallest absolute Gasteiger partial charge is 0.173 e. The lowest BCUT2D eigenvalue weighted by atomic mass is 10.1. The molecule has 0 aromatic heterocycles. The second kappa shape index (κ2) is 4.66. The molecule has 1 N–H and O–H groups in total. The summed E-state index contributed by atoms with van der Waals surface area (Å²) in [6.07, 6.45) is 9.41. The maximum atomic E-state index is 11.2. The van der Waals surface area contributed by atoms with Crippen molar-refractivity contribution in [1.29, 1.82) is 0 Å². The van der Waals surface area contributed by atoms with E-state index in [1.165, 1.54) is 43.9 Å². The van der Waals surface area contributed by atoms with Gasteiger partial charge in [0.2, 0.25) is 0 Å². The molecular formula is C11H19NO2S. The third-order valence-corrected chi connectivity index (χ3v) is 4.63. The van der Waals surface area contributed by atoms with Gasteiger partial charge in [0, 0.05) is 17.5 Å². The minimum Gasteiger partial charge on any atom is -0.307 e. The van der Waals surface area contributed by atoms with Crippen LogP contribution in [0.25, 0.3) is 0 Å². The van der Waals surface area contributed by atoms with Gasteiger partial charge in [0.05, 0.1) is 5.75 Å². The fraction of sp³-hybridized carbons (Fsp3) is 0.818. The highest BCUT2D eigenvalue weighted by Crippen LogP contribution is 2.19. The molecule has 0 aromatic rings. The topological polar surface area (TPSA) is 46.2 Å². The normalized spacial score (nSPS) is 31.6. The zero-order valence-electron chi connectivity index (χ0n) is 8.98. The van der Waals surface area contributed by atoms with E-state index in [9.17, 15) is 8.42 Å². The lowest BCUT2D eigenvalue weighted by molar-refractivity contribution is 0.441. The molecule has 15 heavy (non-hydrogen) atoms. The van der Waals surface area contributed by atoms with Gasteiger partial charge in [-0.25, -0.2) is 8.42 Å². The summed E-state index contributed by atoms with van der Waals surface area (Å²) >= 11 is 0. The first-order valence-corrected chi connectivity index (χ1v) is 7.54. The zero-order valence-corrected chi connectivity index (χ0v) is 9.80. The molecule has 1 unspecified atom stereocenters. The molecule has 1 fully saturated rings.